The second-order valence-electron chi connectivity index (χ2n) is 5.20. The van der Waals surface area contributed by atoms with Gasteiger partial charge in [0.1, 0.15) is 18.8 Å². The number of halogens is 1. The van der Waals surface area contributed by atoms with Crippen LogP contribution in [0.2, 0.25) is 0 Å². The van der Waals surface area contributed by atoms with Gasteiger partial charge in [0.15, 0.2) is 0 Å². The third kappa shape index (κ3) is 4.67. The highest BCUT2D eigenvalue weighted by atomic mass is 79.9. The van der Waals surface area contributed by atoms with E-state index in [0.29, 0.717) is 24.0 Å². The van der Waals surface area contributed by atoms with Crippen molar-refractivity contribution in [1.82, 2.24) is 4.48 Å². The maximum Gasteiger partial charge on any atom is 0.133 e. The van der Waals surface area contributed by atoms with Crippen LogP contribution in [0, 0.1) is 11.3 Å². The Kier molecular flexibility index (Phi) is 7.83. The third-order valence-electron chi connectivity index (χ3n) is 3.81. The average Bonchev–Trinajstić information content (AvgIpc) is 2.55. The Labute approximate surface area is 142 Å². The van der Waals surface area contributed by atoms with E-state index in [-0.39, 0.29) is 23.6 Å². The van der Waals surface area contributed by atoms with Crippen LogP contribution in [0.1, 0.15) is 12.0 Å². The molecule has 3 nitrogen and oxygen atoms in total. The van der Waals surface area contributed by atoms with Gasteiger partial charge in [-0.15, -0.1) is 0 Å². The van der Waals surface area contributed by atoms with Crippen LogP contribution in [0.15, 0.2) is 60.7 Å². The van der Waals surface area contributed by atoms with Gasteiger partial charge in [0.2, 0.25) is 0 Å². The Morgan fingerprint density at radius 1 is 0.909 bits per heavy atom. The molecular weight excluding hydrogens is 340 g/mol. The first-order valence-corrected chi connectivity index (χ1v) is 7.24. The summed E-state index contributed by atoms with van der Waals surface area (Å²) in [5.41, 5.74) is 2.36. The summed E-state index contributed by atoms with van der Waals surface area (Å²) in [5.74, 6) is 0. The molecule has 2 rings (SSSR count). The van der Waals surface area contributed by atoms with Gasteiger partial charge < -0.3 is 22.1 Å². The molecule has 0 radical (unpaired) electrons. The topological polar surface area (TPSA) is 44.0 Å². The van der Waals surface area contributed by atoms with Gasteiger partial charge in [-0.25, -0.2) is 0 Å². The monoisotopic (exact) mass is 360 g/mol. The van der Waals surface area contributed by atoms with E-state index < -0.39 is 0 Å². The van der Waals surface area contributed by atoms with E-state index in [4.69, 9.17) is 5.26 Å². The molecule has 0 saturated carbocycles. The predicted octanol–water partition coefficient (Wildman–Crippen LogP) is 0.104. The second kappa shape index (κ2) is 9.37. The van der Waals surface area contributed by atoms with Crippen molar-refractivity contribution in [3.8, 4) is 6.07 Å². The SMILES string of the molecule is N#CCC[N+](CCO)(Cc1ccccc1)c1ccccc1.[Br-]. The fourth-order valence-electron chi connectivity index (χ4n) is 2.75. The van der Waals surface area contributed by atoms with E-state index >= 15 is 0 Å². The number of para-hydroxylation sites is 1. The Morgan fingerprint density at radius 2 is 1.50 bits per heavy atom. The number of hydrogen-bond donors (Lipinski definition) is 1. The molecule has 0 bridgehead atoms. The zero-order valence-electron chi connectivity index (χ0n) is 12.5. The highest BCUT2D eigenvalue weighted by Gasteiger charge is 2.29. The summed E-state index contributed by atoms with van der Waals surface area (Å²) in [6.45, 7) is 2.21. The highest BCUT2D eigenvalue weighted by molar-refractivity contribution is 5.43. The number of benzene rings is 2. The summed E-state index contributed by atoms with van der Waals surface area (Å²) in [7, 11) is 0. The lowest BCUT2D eigenvalue weighted by atomic mass is 10.1. The van der Waals surface area contributed by atoms with Gasteiger partial charge in [0.05, 0.1) is 25.6 Å². The standard InChI is InChI=1S/C18H21N2O.BrH/c19-12-7-13-20(14-15-21,18-10-5-2-6-11-18)16-17-8-3-1-4-9-17;/h1-6,8-11,21H,7,13-16H2;1H/q+1;/p-1. The maximum absolute atomic E-state index is 9.54. The van der Waals surface area contributed by atoms with E-state index in [1.165, 1.54) is 5.56 Å². The molecule has 0 aromatic heterocycles. The fourth-order valence-corrected chi connectivity index (χ4v) is 2.75. The Balaban J connectivity index is 0.00000242. The van der Waals surface area contributed by atoms with E-state index in [1.54, 1.807) is 0 Å². The quantitative estimate of drug-likeness (QED) is 0.712. The Bertz CT molecular complexity index is 583. The molecule has 0 aliphatic rings. The molecule has 4 heteroatoms. The first kappa shape index (κ1) is 18.4. The van der Waals surface area contributed by atoms with E-state index in [9.17, 15) is 5.11 Å². The predicted molar refractivity (Wildman–Crippen MR) is 85.4 cm³/mol. The van der Waals surface area contributed by atoms with Crippen LogP contribution in [0.4, 0.5) is 5.69 Å². The van der Waals surface area contributed by atoms with Gasteiger partial charge in [0.25, 0.3) is 0 Å². The van der Waals surface area contributed by atoms with Crippen LogP contribution in [0.25, 0.3) is 0 Å². The van der Waals surface area contributed by atoms with Crippen molar-refractivity contribution in [1.29, 1.82) is 5.26 Å². The minimum atomic E-state index is 0. The zero-order chi connectivity index (χ0) is 15.0. The van der Waals surface area contributed by atoms with Crippen molar-refractivity contribution in [3.63, 3.8) is 0 Å². The molecule has 0 saturated heterocycles. The minimum Gasteiger partial charge on any atom is -1.00 e. The number of hydrogen-bond acceptors (Lipinski definition) is 2. The first-order valence-electron chi connectivity index (χ1n) is 7.24. The summed E-state index contributed by atoms with van der Waals surface area (Å²) < 4.78 is 0.606. The van der Waals surface area contributed by atoms with Crippen LogP contribution in [0.5, 0.6) is 0 Å². The molecule has 1 atom stereocenters. The van der Waals surface area contributed by atoms with Crippen LogP contribution in [0.3, 0.4) is 0 Å². The molecule has 0 aliphatic carbocycles. The molecule has 0 spiro atoms. The molecule has 0 fully saturated rings. The van der Waals surface area contributed by atoms with Gasteiger partial charge in [0, 0.05) is 5.56 Å². The van der Waals surface area contributed by atoms with Crippen LogP contribution in [-0.4, -0.2) is 24.8 Å². The summed E-state index contributed by atoms with van der Waals surface area (Å²) >= 11 is 0. The largest absolute Gasteiger partial charge is 1.00 e. The second-order valence-corrected chi connectivity index (χ2v) is 5.20. The number of rotatable bonds is 7. The molecule has 2 aromatic carbocycles. The molecule has 116 valence electrons. The lowest BCUT2D eigenvalue weighted by molar-refractivity contribution is -0.00000594. The van der Waals surface area contributed by atoms with E-state index in [2.05, 4.69) is 30.3 Å². The third-order valence-corrected chi connectivity index (χ3v) is 3.81. The van der Waals surface area contributed by atoms with Crippen LogP contribution >= 0.6 is 0 Å². The van der Waals surface area contributed by atoms with Crippen molar-refractivity contribution in [2.75, 3.05) is 19.7 Å². The number of nitrogens with zero attached hydrogens (tertiary/aromatic N) is 2. The van der Waals surface area contributed by atoms with Crippen LogP contribution in [-0.2, 0) is 6.54 Å². The maximum atomic E-state index is 9.54. The molecule has 1 unspecified atom stereocenters. The van der Waals surface area contributed by atoms with Crippen LogP contribution < -0.4 is 21.5 Å². The van der Waals surface area contributed by atoms with Gasteiger partial charge in [-0.3, -0.25) is 4.48 Å². The molecule has 1 N–H and O–H groups in total. The fraction of sp³-hybridized carbons (Fsp3) is 0.278. The summed E-state index contributed by atoms with van der Waals surface area (Å²) in [5, 5.41) is 18.5. The smallest absolute Gasteiger partial charge is 0.133 e. The number of nitriles is 1. The average molecular weight is 361 g/mol. The summed E-state index contributed by atoms with van der Waals surface area (Å²) in [4.78, 5) is 0. The normalized spacial score (nSPS) is 12.7. The highest BCUT2D eigenvalue weighted by Crippen LogP contribution is 2.26. The summed E-state index contributed by atoms with van der Waals surface area (Å²) in [6, 6.07) is 22.7. The number of aliphatic hydroxyl groups excluding tert-OH is 1. The molecule has 0 heterocycles. The molecule has 2 aromatic rings. The number of aliphatic hydroxyl groups is 1. The first-order chi connectivity index (χ1) is 10.3. The van der Waals surface area contributed by atoms with Crippen molar-refractivity contribution in [3.05, 3.63) is 66.2 Å². The lowest BCUT2D eigenvalue weighted by Crippen LogP contribution is -3.00. The molecular formula is C18H21BrN2O. The van der Waals surface area contributed by atoms with Gasteiger partial charge in [-0.2, -0.15) is 5.26 Å². The number of quaternary nitrogens is 1. The zero-order valence-corrected chi connectivity index (χ0v) is 14.1. The minimum absolute atomic E-state index is 0. The van der Waals surface area contributed by atoms with Gasteiger partial charge >= 0.3 is 0 Å². The Morgan fingerprint density at radius 3 is 2.05 bits per heavy atom. The van der Waals surface area contributed by atoms with Gasteiger partial charge in [-0.05, 0) is 12.1 Å². The lowest BCUT2D eigenvalue weighted by Gasteiger charge is -2.37. The summed E-state index contributed by atoms with van der Waals surface area (Å²) in [6.07, 6.45) is 0.474. The van der Waals surface area contributed by atoms with Crippen molar-refractivity contribution in [2.45, 2.75) is 13.0 Å². The molecule has 0 aliphatic heterocycles. The molecule has 0 amide bonds. The van der Waals surface area contributed by atoms with Crippen molar-refractivity contribution in [2.24, 2.45) is 0 Å². The van der Waals surface area contributed by atoms with Gasteiger partial charge in [-0.1, -0.05) is 48.5 Å². The molecule has 22 heavy (non-hydrogen) atoms. The van der Waals surface area contributed by atoms with E-state index in [0.717, 1.165) is 12.2 Å². The van der Waals surface area contributed by atoms with Crippen molar-refractivity contribution < 1.29 is 22.1 Å². The van der Waals surface area contributed by atoms with E-state index in [1.807, 2.05) is 36.4 Å². The van der Waals surface area contributed by atoms with Crippen molar-refractivity contribution >= 4 is 5.69 Å². The Hall–Kier alpha value is -1.67.